The van der Waals surface area contributed by atoms with Gasteiger partial charge in [0, 0.05) is 0 Å². The zero-order chi connectivity index (χ0) is 9.94. The van der Waals surface area contributed by atoms with Gasteiger partial charge in [-0.1, -0.05) is 44.1 Å². The molecule has 0 aromatic heterocycles. The van der Waals surface area contributed by atoms with E-state index >= 15 is 0 Å². The van der Waals surface area contributed by atoms with Crippen LogP contribution in [0.1, 0.15) is 39.0 Å². The molecule has 1 N–H and O–H groups in total. The summed E-state index contributed by atoms with van der Waals surface area (Å²) in [6.45, 7) is 5.68. The van der Waals surface area contributed by atoms with Crippen LogP contribution in [0.15, 0.2) is 24.3 Å². The minimum Gasteiger partial charge on any atom is -0.393 e. The van der Waals surface area contributed by atoms with Crippen LogP contribution in [-0.2, 0) is 0 Å². The van der Waals surface area contributed by atoms with Gasteiger partial charge in [-0.2, -0.15) is 0 Å². The lowest BCUT2D eigenvalue weighted by atomic mass is 10.2. The van der Waals surface area contributed by atoms with E-state index in [1.54, 1.807) is 0 Å². The van der Waals surface area contributed by atoms with Crippen molar-refractivity contribution in [2.45, 2.75) is 45.1 Å². The highest BCUT2D eigenvalue weighted by Crippen LogP contribution is 1.97. The molecule has 0 amide bonds. The molecule has 0 aliphatic rings. The van der Waals surface area contributed by atoms with Gasteiger partial charge < -0.3 is 5.11 Å². The van der Waals surface area contributed by atoms with Crippen molar-refractivity contribution in [1.29, 1.82) is 0 Å². The third kappa shape index (κ3) is 11.4. The zero-order valence-electron chi connectivity index (χ0n) is 8.58. The van der Waals surface area contributed by atoms with Crippen LogP contribution in [-0.4, -0.2) is 11.2 Å². The molecule has 0 saturated carbocycles. The van der Waals surface area contributed by atoms with Crippen LogP contribution in [0.3, 0.4) is 0 Å². The second kappa shape index (κ2) is 9.53. The van der Waals surface area contributed by atoms with E-state index in [2.05, 4.69) is 32.1 Å². The Morgan fingerprint density at radius 3 is 2.54 bits per heavy atom. The van der Waals surface area contributed by atoms with E-state index in [0.29, 0.717) is 6.42 Å². The smallest absolute Gasteiger partial charge is 0.0575 e. The molecule has 1 nitrogen and oxygen atoms in total. The van der Waals surface area contributed by atoms with Gasteiger partial charge in [-0.3, -0.25) is 0 Å². The van der Waals surface area contributed by atoms with Gasteiger partial charge in [-0.15, -0.1) is 0 Å². The molecule has 0 aliphatic carbocycles. The summed E-state index contributed by atoms with van der Waals surface area (Å²) in [5, 5.41) is 8.84. The lowest BCUT2D eigenvalue weighted by Crippen LogP contribution is -1.95. The maximum Gasteiger partial charge on any atom is 0.0575 e. The van der Waals surface area contributed by atoms with Crippen LogP contribution in [0.4, 0.5) is 0 Å². The molecule has 0 saturated heterocycles. The van der Waals surface area contributed by atoms with Crippen molar-refractivity contribution in [2.75, 3.05) is 0 Å². The summed E-state index contributed by atoms with van der Waals surface area (Å²) in [6.07, 6.45) is 13.3. The van der Waals surface area contributed by atoms with E-state index in [1.165, 1.54) is 19.3 Å². The Morgan fingerprint density at radius 2 is 1.92 bits per heavy atom. The standard InChI is InChI=1S/C12H21O/c1-3-4-5-6-7-8-9-10-11-12(2)13/h6-7,9-10,12-13H,2-5,8,11H2,1H3/b7-6+,10-9+. The minimum absolute atomic E-state index is 0.458. The van der Waals surface area contributed by atoms with Crippen molar-refractivity contribution in [2.24, 2.45) is 0 Å². The summed E-state index contributed by atoms with van der Waals surface area (Å²) in [6, 6.07) is 0. The Balaban J connectivity index is 3.23. The average molecular weight is 181 g/mol. The molecular weight excluding hydrogens is 160 g/mol. The highest BCUT2D eigenvalue weighted by Gasteiger charge is 1.87. The van der Waals surface area contributed by atoms with Crippen molar-refractivity contribution in [3.05, 3.63) is 31.2 Å². The first-order chi connectivity index (χ1) is 6.27. The van der Waals surface area contributed by atoms with Crippen molar-refractivity contribution >= 4 is 0 Å². The lowest BCUT2D eigenvalue weighted by molar-refractivity contribution is 0.224. The topological polar surface area (TPSA) is 20.2 Å². The quantitative estimate of drug-likeness (QED) is 0.472. The maximum atomic E-state index is 8.84. The molecule has 75 valence electrons. The van der Waals surface area contributed by atoms with E-state index in [1.807, 2.05) is 6.08 Å². The molecule has 0 aromatic rings. The molecule has 13 heavy (non-hydrogen) atoms. The predicted octanol–water partition coefficient (Wildman–Crippen LogP) is 3.26. The van der Waals surface area contributed by atoms with E-state index in [9.17, 15) is 0 Å². The van der Waals surface area contributed by atoms with Crippen LogP contribution in [0.5, 0.6) is 0 Å². The van der Waals surface area contributed by atoms with Gasteiger partial charge in [0.1, 0.15) is 0 Å². The number of unbranched alkanes of at least 4 members (excludes halogenated alkanes) is 2. The fourth-order valence-corrected chi connectivity index (χ4v) is 0.964. The van der Waals surface area contributed by atoms with E-state index in [4.69, 9.17) is 5.11 Å². The monoisotopic (exact) mass is 181 g/mol. The molecule has 0 fully saturated rings. The van der Waals surface area contributed by atoms with Gasteiger partial charge in [0.25, 0.3) is 0 Å². The van der Waals surface area contributed by atoms with E-state index < -0.39 is 6.10 Å². The lowest BCUT2D eigenvalue weighted by Gasteiger charge is -1.94. The molecule has 0 spiro atoms. The van der Waals surface area contributed by atoms with E-state index in [-0.39, 0.29) is 0 Å². The highest BCUT2D eigenvalue weighted by molar-refractivity contribution is 4.93. The van der Waals surface area contributed by atoms with Crippen LogP contribution in [0, 0.1) is 6.92 Å². The number of hydrogen-bond acceptors (Lipinski definition) is 1. The second-order valence-corrected chi connectivity index (χ2v) is 3.21. The Morgan fingerprint density at radius 1 is 1.23 bits per heavy atom. The molecule has 0 aliphatic heterocycles. The molecular formula is C12H21O. The Bertz CT molecular complexity index is 145. The van der Waals surface area contributed by atoms with Crippen LogP contribution < -0.4 is 0 Å². The molecule has 0 aromatic carbocycles. The van der Waals surface area contributed by atoms with Gasteiger partial charge in [-0.05, 0) is 26.2 Å². The van der Waals surface area contributed by atoms with Crippen molar-refractivity contribution in [1.82, 2.24) is 0 Å². The van der Waals surface area contributed by atoms with E-state index in [0.717, 1.165) is 6.42 Å². The van der Waals surface area contributed by atoms with Gasteiger partial charge in [-0.25, -0.2) is 0 Å². The minimum atomic E-state index is -0.458. The summed E-state index contributed by atoms with van der Waals surface area (Å²) in [5.74, 6) is 0. The Kier molecular flexibility index (Phi) is 9.12. The number of aliphatic hydroxyl groups excluding tert-OH is 1. The fraction of sp³-hybridized carbons (Fsp3) is 0.583. The number of aliphatic hydroxyl groups is 1. The summed E-state index contributed by atoms with van der Waals surface area (Å²) in [5.41, 5.74) is 0. The van der Waals surface area contributed by atoms with Gasteiger partial charge >= 0.3 is 0 Å². The highest BCUT2D eigenvalue weighted by atomic mass is 16.3. The summed E-state index contributed by atoms with van der Waals surface area (Å²) in [4.78, 5) is 0. The fourth-order valence-electron chi connectivity index (χ4n) is 0.964. The Labute approximate surface area is 82.2 Å². The Hall–Kier alpha value is -0.560. The predicted molar refractivity (Wildman–Crippen MR) is 58.4 cm³/mol. The van der Waals surface area contributed by atoms with Crippen molar-refractivity contribution in [3.8, 4) is 0 Å². The van der Waals surface area contributed by atoms with Gasteiger partial charge in [0.2, 0.25) is 0 Å². The van der Waals surface area contributed by atoms with Gasteiger partial charge in [0.15, 0.2) is 0 Å². The largest absolute Gasteiger partial charge is 0.393 e. The maximum absolute atomic E-state index is 8.84. The number of allylic oxidation sites excluding steroid dienone is 3. The zero-order valence-corrected chi connectivity index (χ0v) is 8.58. The third-order valence-electron chi connectivity index (χ3n) is 1.74. The molecule has 1 atom stereocenters. The molecule has 1 radical (unpaired) electrons. The van der Waals surface area contributed by atoms with Crippen LogP contribution >= 0.6 is 0 Å². The first kappa shape index (κ1) is 12.4. The SMILES string of the molecule is [CH2]C(O)C/C=C/C/C=C/CCCC. The molecule has 0 bridgehead atoms. The molecule has 0 rings (SSSR count). The van der Waals surface area contributed by atoms with Crippen molar-refractivity contribution in [3.63, 3.8) is 0 Å². The summed E-state index contributed by atoms with van der Waals surface area (Å²) < 4.78 is 0. The normalized spacial score (nSPS) is 14.4. The second-order valence-electron chi connectivity index (χ2n) is 3.21. The first-order valence-electron chi connectivity index (χ1n) is 5.08. The van der Waals surface area contributed by atoms with Crippen LogP contribution in [0.25, 0.3) is 0 Å². The van der Waals surface area contributed by atoms with Gasteiger partial charge in [0.05, 0.1) is 6.10 Å². The molecule has 1 unspecified atom stereocenters. The average Bonchev–Trinajstić information content (AvgIpc) is 2.09. The first-order valence-corrected chi connectivity index (χ1v) is 5.08. The van der Waals surface area contributed by atoms with Crippen molar-refractivity contribution < 1.29 is 5.11 Å². The van der Waals surface area contributed by atoms with Crippen LogP contribution in [0.2, 0.25) is 0 Å². The number of rotatable bonds is 7. The third-order valence-corrected chi connectivity index (χ3v) is 1.74. The summed E-state index contributed by atoms with van der Waals surface area (Å²) >= 11 is 0. The number of hydrogen-bond donors (Lipinski definition) is 1. The molecule has 0 heterocycles. The summed E-state index contributed by atoms with van der Waals surface area (Å²) in [7, 11) is 0. The molecule has 1 heteroatoms.